The smallest absolute Gasteiger partial charge is 0.265 e. The molecule has 1 aliphatic rings. The van der Waals surface area contributed by atoms with Gasteiger partial charge in [-0.2, -0.15) is 0 Å². The van der Waals surface area contributed by atoms with Crippen molar-refractivity contribution in [1.82, 2.24) is 0 Å². The van der Waals surface area contributed by atoms with Crippen molar-refractivity contribution in [2.45, 2.75) is 0 Å². The molecule has 1 aliphatic heterocycles. The van der Waals surface area contributed by atoms with E-state index in [1.165, 1.54) is 42.5 Å². The third kappa shape index (κ3) is 5.17. The fourth-order valence-corrected chi connectivity index (χ4v) is 3.25. The lowest BCUT2D eigenvalue weighted by molar-refractivity contribution is -0.123. The predicted octanol–water partition coefficient (Wildman–Crippen LogP) is 3.73. The van der Waals surface area contributed by atoms with Gasteiger partial charge in [-0.05, 0) is 54.6 Å². The number of amides is 2. The first kappa shape index (κ1) is 22.8. The topological polar surface area (TPSA) is 84.9 Å². The molecule has 0 saturated heterocycles. The number of anilines is 2. The first-order valence-corrected chi connectivity index (χ1v) is 10.0. The Balaban J connectivity index is 1.48. The molecule has 4 rings (SSSR count). The van der Waals surface area contributed by atoms with Gasteiger partial charge in [-0.15, -0.1) is 0 Å². The van der Waals surface area contributed by atoms with Crippen molar-refractivity contribution in [3.8, 4) is 11.5 Å². The lowest BCUT2D eigenvalue weighted by Crippen LogP contribution is -2.43. The Morgan fingerprint density at radius 1 is 0.971 bits per heavy atom. The number of benzene rings is 3. The first-order valence-electron chi connectivity index (χ1n) is 10.0. The monoisotopic (exact) mass is 470 g/mol. The van der Waals surface area contributed by atoms with E-state index in [9.17, 15) is 27.6 Å². The van der Waals surface area contributed by atoms with E-state index < -0.39 is 41.7 Å². The summed E-state index contributed by atoms with van der Waals surface area (Å²) in [6, 6.07) is 12.1. The van der Waals surface area contributed by atoms with Gasteiger partial charge in [0.05, 0.1) is 5.69 Å². The van der Waals surface area contributed by atoms with Crippen LogP contribution >= 0.6 is 0 Å². The Kier molecular flexibility index (Phi) is 6.48. The van der Waals surface area contributed by atoms with Crippen LogP contribution in [0, 0.1) is 17.5 Å². The van der Waals surface area contributed by atoms with Gasteiger partial charge in [0.2, 0.25) is 5.91 Å². The molecule has 0 atom stereocenters. The molecule has 10 heteroatoms. The van der Waals surface area contributed by atoms with E-state index >= 15 is 0 Å². The maximum absolute atomic E-state index is 13.7. The summed E-state index contributed by atoms with van der Waals surface area (Å²) in [4.78, 5) is 38.6. The van der Waals surface area contributed by atoms with E-state index in [-0.39, 0.29) is 35.9 Å². The van der Waals surface area contributed by atoms with E-state index in [2.05, 4.69) is 5.32 Å². The number of rotatable bonds is 7. The molecule has 7 nitrogen and oxygen atoms in total. The summed E-state index contributed by atoms with van der Waals surface area (Å²) >= 11 is 0. The van der Waals surface area contributed by atoms with Crippen LogP contribution in [-0.4, -0.2) is 37.4 Å². The Labute approximate surface area is 191 Å². The van der Waals surface area contributed by atoms with Gasteiger partial charge in [0, 0.05) is 17.3 Å². The molecule has 3 aromatic rings. The maximum Gasteiger partial charge on any atom is 0.265 e. The molecule has 1 heterocycles. The number of carbonyl (C=O) groups excluding carboxylic acids is 3. The predicted molar refractivity (Wildman–Crippen MR) is 116 cm³/mol. The van der Waals surface area contributed by atoms with Gasteiger partial charge in [0.1, 0.15) is 23.9 Å². The summed E-state index contributed by atoms with van der Waals surface area (Å²) in [7, 11) is 0. The molecule has 0 radical (unpaired) electrons. The van der Waals surface area contributed by atoms with Crippen molar-refractivity contribution in [1.29, 1.82) is 0 Å². The molecule has 0 saturated carbocycles. The van der Waals surface area contributed by atoms with E-state index in [1.54, 1.807) is 0 Å². The summed E-state index contributed by atoms with van der Waals surface area (Å²) in [6.07, 6.45) is 0. The molecular weight excluding hydrogens is 453 g/mol. The van der Waals surface area contributed by atoms with Crippen molar-refractivity contribution >= 4 is 29.0 Å². The van der Waals surface area contributed by atoms with Crippen LogP contribution in [0.15, 0.2) is 60.7 Å². The zero-order valence-electron chi connectivity index (χ0n) is 17.5. The lowest BCUT2D eigenvalue weighted by atomic mass is 10.1. The van der Waals surface area contributed by atoms with Gasteiger partial charge < -0.3 is 14.8 Å². The van der Waals surface area contributed by atoms with Crippen LogP contribution in [0.1, 0.15) is 10.4 Å². The molecule has 0 aromatic heterocycles. The fourth-order valence-electron chi connectivity index (χ4n) is 3.25. The van der Waals surface area contributed by atoms with Crippen LogP contribution in [0.3, 0.4) is 0 Å². The number of ether oxygens (including phenoxy) is 2. The van der Waals surface area contributed by atoms with Crippen molar-refractivity contribution in [3.63, 3.8) is 0 Å². The van der Waals surface area contributed by atoms with Gasteiger partial charge in [-0.3, -0.25) is 19.3 Å². The van der Waals surface area contributed by atoms with Crippen molar-refractivity contribution in [2.75, 3.05) is 30.0 Å². The van der Waals surface area contributed by atoms with Gasteiger partial charge in [-0.25, -0.2) is 13.2 Å². The van der Waals surface area contributed by atoms with E-state index in [4.69, 9.17) is 9.47 Å². The largest absolute Gasteiger partial charge is 0.482 e. The van der Waals surface area contributed by atoms with E-state index in [0.717, 1.165) is 17.0 Å². The summed E-state index contributed by atoms with van der Waals surface area (Å²) in [5, 5.41) is 2.56. The minimum Gasteiger partial charge on any atom is -0.482 e. The maximum atomic E-state index is 13.7. The fraction of sp³-hybridized carbons (Fsp3) is 0.125. The molecule has 174 valence electrons. The number of hydrogen-bond acceptors (Lipinski definition) is 5. The third-order valence-corrected chi connectivity index (χ3v) is 4.91. The highest BCUT2D eigenvalue weighted by Gasteiger charge is 2.28. The Morgan fingerprint density at radius 3 is 2.44 bits per heavy atom. The van der Waals surface area contributed by atoms with Gasteiger partial charge >= 0.3 is 0 Å². The number of ketones is 1. The second-order valence-electron chi connectivity index (χ2n) is 7.29. The zero-order chi connectivity index (χ0) is 24.2. The highest BCUT2D eigenvalue weighted by Crippen LogP contribution is 2.33. The van der Waals surface area contributed by atoms with Crippen LogP contribution in [0.4, 0.5) is 24.5 Å². The number of nitrogens with one attached hydrogen (secondary N) is 1. The molecule has 0 aliphatic carbocycles. The molecule has 3 aromatic carbocycles. The molecule has 1 N–H and O–H groups in total. The van der Waals surface area contributed by atoms with E-state index in [1.807, 2.05) is 0 Å². The van der Waals surface area contributed by atoms with Crippen LogP contribution in [0.5, 0.6) is 11.5 Å². The van der Waals surface area contributed by atoms with Crippen LogP contribution in [0.25, 0.3) is 0 Å². The zero-order valence-corrected chi connectivity index (χ0v) is 17.5. The number of Topliss-reactive ketones (excluding diaryl/α,β-unsaturated/α-hetero) is 1. The Morgan fingerprint density at radius 2 is 1.71 bits per heavy atom. The summed E-state index contributed by atoms with van der Waals surface area (Å²) in [5.41, 5.74) is 0.675. The number of fused-ring (bicyclic) bond motifs is 1. The summed E-state index contributed by atoms with van der Waals surface area (Å²) in [5.74, 6) is -3.77. The molecule has 2 amide bonds. The lowest BCUT2D eigenvalue weighted by Gasteiger charge is -2.29. The van der Waals surface area contributed by atoms with Crippen molar-refractivity contribution in [2.24, 2.45) is 0 Å². The number of nitrogens with zero attached hydrogens (tertiary/aromatic N) is 1. The molecular formula is C24H17F3N2O5. The second kappa shape index (κ2) is 9.65. The van der Waals surface area contributed by atoms with Crippen molar-refractivity contribution in [3.05, 3.63) is 83.7 Å². The highest BCUT2D eigenvalue weighted by molar-refractivity contribution is 6.06. The van der Waals surface area contributed by atoms with Gasteiger partial charge in [0.15, 0.2) is 30.6 Å². The second-order valence-corrected chi connectivity index (χ2v) is 7.29. The molecule has 0 fully saturated rings. The molecule has 0 spiro atoms. The Hall–Kier alpha value is -4.34. The minimum atomic E-state index is -0.949. The average molecular weight is 470 g/mol. The van der Waals surface area contributed by atoms with Crippen LogP contribution in [-0.2, 0) is 9.59 Å². The van der Waals surface area contributed by atoms with E-state index in [0.29, 0.717) is 11.8 Å². The third-order valence-electron chi connectivity index (χ3n) is 4.91. The molecule has 34 heavy (non-hydrogen) atoms. The van der Waals surface area contributed by atoms with Gasteiger partial charge in [0.25, 0.3) is 5.91 Å². The van der Waals surface area contributed by atoms with Crippen LogP contribution < -0.4 is 19.7 Å². The molecule has 0 bridgehead atoms. The standard InChI is InChI=1S/C24H17F3N2O5/c25-15-2-5-17(6-3-15)28-23(31)11-29-19-9-14(1-7-22(19)34-13-24(29)32)20(30)12-33-21-8-4-16(26)10-18(21)27/h1-10H,11-13H2,(H,28,31). The van der Waals surface area contributed by atoms with Crippen LogP contribution in [0.2, 0.25) is 0 Å². The first-order chi connectivity index (χ1) is 16.3. The average Bonchev–Trinajstić information content (AvgIpc) is 2.81. The SMILES string of the molecule is O=C(CN1C(=O)COc2ccc(C(=O)COc3ccc(F)cc3F)cc21)Nc1ccc(F)cc1. The highest BCUT2D eigenvalue weighted by atomic mass is 19.1. The quantitative estimate of drug-likeness (QED) is 0.532. The Bertz CT molecular complexity index is 1260. The normalized spacial score (nSPS) is 12.6. The minimum absolute atomic E-state index is 0.128. The van der Waals surface area contributed by atoms with Crippen molar-refractivity contribution < 1.29 is 37.0 Å². The number of hydrogen-bond donors (Lipinski definition) is 1. The number of carbonyl (C=O) groups is 3. The summed E-state index contributed by atoms with van der Waals surface area (Å²) < 4.78 is 50.3. The summed E-state index contributed by atoms with van der Waals surface area (Å²) in [6.45, 7) is -1.21. The number of halogens is 3. The molecule has 0 unspecified atom stereocenters. The van der Waals surface area contributed by atoms with Gasteiger partial charge in [-0.1, -0.05) is 0 Å².